The van der Waals surface area contributed by atoms with E-state index in [1.165, 1.54) is 11.3 Å². The first-order valence-electron chi connectivity index (χ1n) is 8.83. The summed E-state index contributed by atoms with van der Waals surface area (Å²) < 4.78 is 0. The standard InChI is InChI=1S/C9H13N.C8H16N2O.C2H6/c1-3-10-9-6-4-8(2)5-7-9;1-3-8(11)10-6-4-9(2)5-7-10;1-2/h4-7,10H,3H2,1-2H3;3-7H2,1-2H3;1-2H3. The first kappa shape index (κ1) is 21.4. The van der Waals surface area contributed by atoms with Gasteiger partial charge in [-0.3, -0.25) is 4.79 Å². The highest BCUT2D eigenvalue weighted by Crippen LogP contribution is 2.07. The van der Waals surface area contributed by atoms with Crippen LogP contribution in [0.5, 0.6) is 0 Å². The summed E-state index contributed by atoms with van der Waals surface area (Å²) in [5, 5.41) is 3.23. The van der Waals surface area contributed by atoms with Crippen molar-refractivity contribution in [2.75, 3.05) is 45.1 Å². The molecule has 1 aromatic carbocycles. The van der Waals surface area contributed by atoms with Gasteiger partial charge in [0.25, 0.3) is 0 Å². The molecule has 0 spiro atoms. The van der Waals surface area contributed by atoms with Gasteiger partial charge in [0.05, 0.1) is 0 Å². The van der Waals surface area contributed by atoms with Gasteiger partial charge in [0.2, 0.25) is 5.91 Å². The van der Waals surface area contributed by atoms with E-state index >= 15 is 0 Å². The van der Waals surface area contributed by atoms with Crippen molar-refractivity contribution in [3.05, 3.63) is 29.8 Å². The van der Waals surface area contributed by atoms with Gasteiger partial charge in [-0.1, -0.05) is 38.5 Å². The van der Waals surface area contributed by atoms with Crippen LogP contribution in [-0.2, 0) is 4.79 Å². The molecule has 23 heavy (non-hydrogen) atoms. The Bertz CT molecular complexity index is 409. The van der Waals surface area contributed by atoms with Gasteiger partial charge in [0, 0.05) is 44.8 Å². The molecule has 1 aliphatic heterocycles. The quantitative estimate of drug-likeness (QED) is 0.923. The second-order valence-corrected chi connectivity index (χ2v) is 5.43. The van der Waals surface area contributed by atoms with E-state index in [1.807, 2.05) is 25.7 Å². The highest BCUT2D eigenvalue weighted by atomic mass is 16.2. The zero-order valence-electron chi connectivity index (χ0n) is 15.9. The van der Waals surface area contributed by atoms with E-state index < -0.39 is 0 Å². The molecule has 0 saturated carbocycles. The van der Waals surface area contributed by atoms with Gasteiger partial charge in [-0.25, -0.2) is 0 Å². The Labute approximate surface area is 142 Å². The molecule has 0 aliphatic carbocycles. The molecule has 0 radical (unpaired) electrons. The zero-order valence-corrected chi connectivity index (χ0v) is 15.9. The van der Waals surface area contributed by atoms with Crippen molar-refractivity contribution in [1.82, 2.24) is 9.80 Å². The highest BCUT2D eigenvalue weighted by Gasteiger charge is 2.16. The molecule has 4 nitrogen and oxygen atoms in total. The van der Waals surface area contributed by atoms with Crippen molar-refractivity contribution < 1.29 is 4.79 Å². The van der Waals surface area contributed by atoms with Gasteiger partial charge < -0.3 is 15.1 Å². The third-order valence-electron chi connectivity index (χ3n) is 3.59. The molecule has 1 N–H and O–H groups in total. The molecule has 1 fully saturated rings. The van der Waals surface area contributed by atoms with E-state index in [1.54, 1.807) is 0 Å². The minimum Gasteiger partial charge on any atom is -0.385 e. The third-order valence-corrected chi connectivity index (χ3v) is 3.59. The number of benzene rings is 1. The molecule has 1 aliphatic rings. The molecule has 4 heteroatoms. The normalized spacial score (nSPS) is 14.1. The maximum Gasteiger partial charge on any atom is 0.222 e. The van der Waals surface area contributed by atoms with E-state index in [0.29, 0.717) is 6.42 Å². The number of amides is 1. The predicted molar refractivity (Wildman–Crippen MR) is 101 cm³/mol. The summed E-state index contributed by atoms with van der Waals surface area (Å²) in [6, 6.07) is 8.41. The minimum absolute atomic E-state index is 0.290. The van der Waals surface area contributed by atoms with Crippen LogP contribution in [0.1, 0.15) is 39.7 Å². The first-order valence-corrected chi connectivity index (χ1v) is 8.83. The van der Waals surface area contributed by atoms with Crippen molar-refractivity contribution in [2.45, 2.75) is 41.0 Å². The number of hydrogen-bond acceptors (Lipinski definition) is 3. The van der Waals surface area contributed by atoms with Crippen LogP contribution >= 0.6 is 0 Å². The third kappa shape index (κ3) is 9.24. The van der Waals surface area contributed by atoms with Crippen LogP contribution in [0.2, 0.25) is 0 Å². The summed E-state index contributed by atoms with van der Waals surface area (Å²) in [5.74, 6) is 0.290. The Kier molecular flexibility index (Phi) is 12.1. The molecule has 1 amide bonds. The smallest absolute Gasteiger partial charge is 0.222 e. The van der Waals surface area contributed by atoms with Crippen LogP contribution in [0, 0.1) is 6.92 Å². The fourth-order valence-corrected chi connectivity index (χ4v) is 2.15. The lowest BCUT2D eigenvalue weighted by Gasteiger charge is -2.32. The first-order chi connectivity index (χ1) is 11.1. The molecule has 0 unspecified atom stereocenters. The number of likely N-dealkylation sites (N-methyl/N-ethyl adjacent to an activating group) is 1. The predicted octanol–water partition coefficient (Wildman–Crippen LogP) is 3.62. The summed E-state index contributed by atoms with van der Waals surface area (Å²) in [6.07, 6.45) is 0.643. The van der Waals surface area contributed by atoms with Crippen molar-refractivity contribution in [3.63, 3.8) is 0 Å². The number of rotatable bonds is 3. The van der Waals surface area contributed by atoms with Crippen LogP contribution in [0.25, 0.3) is 0 Å². The second kappa shape index (κ2) is 12.9. The van der Waals surface area contributed by atoms with E-state index in [9.17, 15) is 4.79 Å². The van der Waals surface area contributed by atoms with Crippen LogP contribution in [0.15, 0.2) is 24.3 Å². The monoisotopic (exact) mass is 321 g/mol. The molecule has 1 aromatic rings. The van der Waals surface area contributed by atoms with Crippen LogP contribution in [0.4, 0.5) is 5.69 Å². The van der Waals surface area contributed by atoms with E-state index in [-0.39, 0.29) is 5.91 Å². The number of aryl methyl sites for hydroxylation is 1. The largest absolute Gasteiger partial charge is 0.385 e. The lowest BCUT2D eigenvalue weighted by Crippen LogP contribution is -2.46. The number of nitrogens with zero attached hydrogens (tertiary/aromatic N) is 2. The second-order valence-electron chi connectivity index (χ2n) is 5.43. The molecule has 0 atom stereocenters. The van der Waals surface area contributed by atoms with E-state index in [0.717, 1.165) is 32.7 Å². The average Bonchev–Trinajstić information content (AvgIpc) is 2.59. The molecule has 1 saturated heterocycles. The van der Waals surface area contributed by atoms with Gasteiger partial charge in [-0.05, 0) is 33.0 Å². The number of piperazine rings is 1. The van der Waals surface area contributed by atoms with Crippen molar-refractivity contribution in [1.29, 1.82) is 0 Å². The maximum atomic E-state index is 11.2. The number of hydrogen-bond donors (Lipinski definition) is 1. The number of anilines is 1. The Morgan fingerprint density at radius 2 is 1.57 bits per heavy atom. The molecule has 2 rings (SSSR count). The van der Waals surface area contributed by atoms with Gasteiger partial charge in [-0.15, -0.1) is 0 Å². The molecule has 0 aromatic heterocycles. The van der Waals surface area contributed by atoms with Crippen molar-refractivity contribution >= 4 is 11.6 Å². The van der Waals surface area contributed by atoms with Crippen LogP contribution < -0.4 is 5.32 Å². The van der Waals surface area contributed by atoms with Gasteiger partial charge >= 0.3 is 0 Å². The topological polar surface area (TPSA) is 35.6 Å². The molecule has 132 valence electrons. The Balaban J connectivity index is 0.000000381. The van der Waals surface area contributed by atoms with Gasteiger partial charge in [-0.2, -0.15) is 0 Å². The van der Waals surface area contributed by atoms with E-state index in [4.69, 9.17) is 0 Å². The zero-order chi connectivity index (χ0) is 17.7. The summed E-state index contributed by atoms with van der Waals surface area (Å²) in [4.78, 5) is 15.4. The van der Waals surface area contributed by atoms with Gasteiger partial charge in [0.15, 0.2) is 0 Å². The average molecular weight is 322 g/mol. The lowest BCUT2D eigenvalue weighted by atomic mass is 10.2. The Morgan fingerprint density at radius 1 is 1.04 bits per heavy atom. The molecular formula is C19H35N3O. The Hall–Kier alpha value is -1.55. The number of carbonyl (C=O) groups is 1. The summed E-state index contributed by atoms with van der Waals surface area (Å²) >= 11 is 0. The number of carbonyl (C=O) groups excluding carboxylic acids is 1. The highest BCUT2D eigenvalue weighted by molar-refractivity contribution is 5.75. The van der Waals surface area contributed by atoms with Crippen molar-refractivity contribution in [2.24, 2.45) is 0 Å². The van der Waals surface area contributed by atoms with Crippen LogP contribution in [0.3, 0.4) is 0 Å². The lowest BCUT2D eigenvalue weighted by molar-refractivity contribution is -0.132. The fourth-order valence-electron chi connectivity index (χ4n) is 2.15. The SMILES string of the molecule is CC.CCC(=O)N1CCN(C)CC1.CCNc1ccc(C)cc1. The molecular weight excluding hydrogens is 286 g/mol. The Morgan fingerprint density at radius 3 is 2.00 bits per heavy atom. The van der Waals surface area contributed by atoms with Crippen LogP contribution in [-0.4, -0.2) is 55.5 Å². The maximum absolute atomic E-state index is 11.2. The molecule has 1 heterocycles. The fraction of sp³-hybridized carbons (Fsp3) is 0.632. The van der Waals surface area contributed by atoms with Crippen molar-refractivity contribution in [3.8, 4) is 0 Å². The van der Waals surface area contributed by atoms with Gasteiger partial charge in [0.1, 0.15) is 0 Å². The summed E-state index contributed by atoms with van der Waals surface area (Å²) in [7, 11) is 2.09. The minimum atomic E-state index is 0.290. The number of nitrogens with one attached hydrogen (secondary N) is 1. The summed E-state index contributed by atoms with van der Waals surface area (Å²) in [5.41, 5.74) is 2.51. The summed E-state index contributed by atoms with van der Waals surface area (Å²) in [6.45, 7) is 14.9. The molecule has 0 bridgehead atoms. The van der Waals surface area contributed by atoms with E-state index in [2.05, 4.69) is 55.4 Å².